The molecule has 0 aliphatic carbocycles. The number of carbonyl (C=O) groups excluding carboxylic acids is 1. The first-order valence-electron chi connectivity index (χ1n) is 5.02. The maximum atomic E-state index is 11.9. The minimum atomic E-state index is -1.12. The Labute approximate surface area is 98.1 Å². The molecule has 6 nitrogen and oxygen atoms in total. The molecule has 0 aliphatic heterocycles. The normalized spacial score (nSPS) is 11.5. The van der Waals surface area contributed by atoms with E-state index in [-0.39, 0.29) is 18.7 Å². The predicted molar refractivity (Wildman–Crippen MR) is 57.1 cm³/mol. The van der Waals surface area contributed by atoms with Crippen LogP contribution >= 0.6 is 0 Å². The topological polar surface area (TPSA) is 94.5 Å². The van der Waals surface area contributed by atoms with Crippen LogP contribution in [0, 0.1) is 11.3 Å². The lowest BCUT2D eigenvalue weighted by molar-refractivity contribution is -0.141. The maximum absolute atomic E-state index is 11.9. The second-order valence-corrected chi connectivity index (χ2v) is 3.40. The van der Waals surface area contributed by atoms with Crippen LogP contribution in [0.5, 0.6) is 0 Å². The van der Waals surface area contributed by atoms with Gasteiger partial charge in [-0.3, -0.25) is 4.79 Å². The van der Waals surface area contributed by atoms with E-state index in [2.05, 4.69) is 0 Å². The molecule has 90 valence electrons. The second kappa shape index (κ2) is 5.70. The highest BCUT2D eigenvalue weighted by Gasteiger charge is 2.27. The van der Waals surface area contributed by atoms with Crippen molar-refractivity contribution in [3.05, 3.63) is 24.2 Å². The predicted octanol–water partition coefficient (Wildman–Crippen LogP) is 1.11. The monoisotopic (exact) mass is 236 g/mol. The maximum Gasteiger partial charge on any atom is 0.326 e. The number of carboxylic acids is 1. The minimum Gasteiger partial charge on any atom is -0.480 e. The lowest BCUT2D eigenvalue weighted by Crippen LogP contribution is -2.43. The second-order valence-electron chi connectivity index (χ2n) is 3.40. The Morgan fingerprint density at radius 3 is 2.82 bits per heavy atom. The summed E-state index contributed by atoms with van der Waals surface area (Å²) in [5.74, 6) is -1.58. The molecule has 1 rings (SSSR count). The number of furan rings is 1. The Balaban J connectivity index is 2.86. The van der Waals surface area contributed by atoms with Gasteiger partial charge in [-0.2, -0.15) is 5.26 Å². The summed E-state index contributed by atoms with van der Waals surface area (Å²) in [4.78, 5) is 23.9. The summed E-state index contributed by atoms with van der Waals surface area (Å²) < 4.78 is 4.92. The van der Waals surface area contributed by atoms with Gasteiger partial charge in [-0.15, -0.1) is 0 Å². The third kappa shape index (κ3) is 3.08. The molecule has 1 amide bonds. The molecule has 0 saturated heterocycles. The van der Waals surface area contributed by atoms with Crippen molar-refractivity contribution in [1.82, 2.24) is 4.90 Å². The summed E-state index contributed by atoms with van der Waals surface area (Å²) >= 11 is 0. The average molecular weight is 236 g/mol. The van der Waals surface area contributed by atoms with E-state index in [0.29, 0.717) is 0 Å². The Morgan fingerprint density at radius 2 is 2.35 bits per heavy atom. The number of nitrogens with zero attached hydrogens (tertiary/aromatic N) is 2. The fraction of sp³-hybridized carbons (Fsp3) is 0.364. The quantitative estimate of drug-likeness (QED) is 0.826. The summed E-state index contributed by atoms with van der Waals surface area (Å²) in [5.41, 5.74) is 0. The first-order chi connectivity index (χ1) is 8.07. The van der Waals surface area contributed by atoms with Crippen LogP contribution in [0.15, 0.2) is 22.8 Å². The molecule has 1 aromatic heterocycles. The summed E-state index contributed by atoms with van der Waals surface area (Å²) in [6.45, 7) is 1.45. The minimum absolute atomic E-state index is 0.0590. The van der Waals surface area contributed by atoms with Crippen molar-refractivity contribution >= 4 is 11.9 Å². The van der Waals surface area contributed by atoms with E-state index < -0.39 is 17.9 Å². The van der Waals surface area contributed by atoms with Crippen LogP contribution in [-0.2, 0) is 4.79 Å². The molecule has 0 bridgehead atoms. The number of hydrogen-bond acceptors (Lipinski definition) is 4. The SMILES string of the molecule is CC(C(=O)O)N(CCC#N)C(=O)c1ccco1. The Hall–Kier alpha value is -2.29. The van der Waals surface area contributed by atoms with Gasteiger partial charge < -0.3 is 14.4 Å². The average Bonchev–Trinajstić information content (AvgIpc) is 2.82. The van der Waals surface area contributed by atoms with Crippen molar-refractivity contribution in [2.75, 3.05) is 6.54 Å². The van der Waals surface area contributed by atoms with Gasteiger partial charge in [0.2, 0.25) is 0 Å². The number of aliphatic carboxylic acids is 1. The standard InChI is InChI=1S/C11H12N2O4/c1-8(11(15)16)13(6-3-5-12)10(14)9-4-2-7-17-9/h2,4,7-8H,3,6H2,1H3,(H,15,16). The zero-order chi connectivity index (χ0) is 12.8. The molecule has 1 aromatic rings. The molecule has 6 heteroatoms. The fourth-order valence-corrected chi connectivity index (χ4v) is 1.32. The van der Waals surface area contributed by atoms with Crippen LogP contribution < -0.4 is 0 Å². The van der Waals surface area contributed by atoms with Gasteiger partial charge in [0.15, 0.2) is 5.76 Å². The number of rotatable bonds is 5. The lowest BCUT2D eigenvalue weighted by Gasteiger charge is -2.24. The van der Waals surface area contributed by atoms with Crippen molar-refractivity contribution < 1.29 is 19.1 Å². The molecule has 1 N–H and O–H groups in total. The molecular formula is C11H12N2O4. The molecular weight excluding hydrogens is 224 g/mol. The Morgan fingerprint density at radius 1 is 1.65 bits per heavy atom. The number of carboxylic acid groups (broad SMARTS) is 1. The van der Waals surface area contributed by atoms with Crippen LogP contribution in [0.4, 0.5) is 0 Å². The highest BCUT2D eigenvalue weighted by molar-refractivity contribution is 5.94. The van der Waals surface area contributed by atoms with Crippen LogP contribution in [0.1, 0.15) is 23.9 Å². The van der Waals surface area contributed by atoms with E-state index in [1.807, 2.05) is 6.07 Å². The van der Waals surface area contributed by atoms with Gasteiger partial charge in [-0.1, -0.05) is 0 Å². The molecule has 0 radical (unpaired) electrons. The van der Waals surface area contributed by atoms with Crippen LogP contribution in [0.3, 0.4) is 0 Å². The van der Waals surface area contributed by atoms with E-state index in [4.69, 9.17) is 14.8 Å². The van der Waals surface area contributed by atoms with Crippen molar-refractivity contribution in [3.63, 3.8) is 0 Å². The Kier molecular flexibility index (Phi) is 4.29. The van der Waals surface area contributed by atoms with Crippen LogP contribution in [0.2, 0.25) is 0 Å². The summed E-state index contributed by atoms with van der Waals surface area (Å²) in [5, 5.41) is 17.4. The molecule has 0 aromatic carbocycles. The van der Waals surface area contributed by atoms with Gasteiger partial charge in [-0.05, 0) is 19.1 Å². The van der Waals surface area contributed by atoms with E-state index >= 15 is 0 Å². The molecule has 1 unspecified atom stereocenters. The largest absolute Gasteiger partial charge is 0.480 e. The van der Waals surface area contributed by atoms with Crippen molar-refractivity contribution in [3.8, 4) is 6.07 Å². The van der Waals surface area contributed by atoms with Crippen molar-refractivity contribution in [2.45, 2.75) is 19.4 Å². The molecule has 0 fully saturated rings. The molecule has 0 spiro atoms. The number of nitriles is 1. The Bertz CT molecular complexity index is 433. The number of carbonyl (C=O) groups is 2. The number of hydrogen-bond donors (Lipinski definition) is 1. The van der Waals surface area contributed by atoms with Gasteiger partial charge in [0.1, 0.15) is 6.04 Å². The zero-order valence-corrected chi connectivity index (χ0v) is 9.29. The highest BCUT2D eigenvalue weighted by Crippen LogP contribution is 2.10. The summed E-state index contributed by atoms with van der Waals surface area (Å²) in [7, 11) is 0. The van der Waals surface area contributed by atoms with Gasteiger partial charge >= 0.3 is 5.97 Å². The number of amides is 1. The first kappa shape index (κ1) is 12.8. The fourth-order valence-electron chi connectivity index (χ4n) is 1.32. The summed E-state index contributed by atoms with van der Waals surface area (Å²) in [6, 6.07) is 3.87. The van der Waals surface area contributed by atoms with Crippen molar-refractivity contribution in [2.24, 2.45) is 0 Å². The molecule has 17 heavy (non-hydrogen) atoms. The third-order valence-electron chi connectivity index (χ3n) is 2.28. The van der Waals surface area contributed by atoms with E-state index in [1.54, 1.807) is 6.07 Å². The third-order valence-corrected chi connectivity index (χ3v) is 2.28. The molecule has 0 saturated carbocycles. The highest BCUT2D eigenvalue weighted by atomic mass is 16.4. The van der Waals surface area contributed by atoms with E-state index in [0.717, 1.165) is 4.90 Å². The van der Waals surface area contributed by atoms with Gasteiger partial charge in [-0.25, -0.2) is 4.79 Å². The van der Waals surface area contributed by atoms with Crippen molar-refractivity contribution in [1.29, 1.82) is 5.26 Å². The molecule has 1 heterocycles. The smallest absolute Gasteiger partial charge is 0.326 e. The van der Waals surface area contributed by atoms with Gasteiger partial charge in [0, 0.05) is 6.54 Å². The zero-order valence-electron chi connectivity index (χ0n) is 9.29. The van der Waals surface area contributed by atoms with E-state index in [1.165, 1.54) is 19.3 Å². The molecule has 0 aliphatic rings. The lowest BCUT2D eigenvalue weighted by atomic mass is 10.2. The summed E-state index contributed by atoms with van der Waals surface area (Å²) in [6.07, 6.45) is 1.41. The van der Waals surface area contributed by atoms with E-state index in [9.17, 15) is 9.59 Å². The van der Waals surface area contributed by atoms with Crippen LogP contribution in [0.25, 0.3) is 0 Å². The first-order valence-corrected chi connectivity index (χ1v) is 5.02. The van der Waals surface area contributed by atoms with Crippen LogP contribution in [-0.4, -0.2) is 34.5 Å². The van der Waals surface area contributed by atoms with Gasteiger partial charge in [0.05, 0.1) is 18.8 Å². The van der Waals surface area contributed by atoms with Gasteiger partial charge in [0.25, 0.3) is 5.91 Å². The molecule has 1 atom stereocenters.